The molecule has 0 spiro atoms. The molecule has 0 radical (unpaired) electrons. The fourth-order valence-corrected chi connectivity index (χ4v) is 2.34. The van der Waals surface area contributed by atoms with E-state index in [1.165, 1.54) is 0 Å². The number of nitrogens with zero attached hydrogens (tertiary/aromatic N) is 3. The summed E-state index contributed by atoms with van der Waals surface area (Å²) in [4.78, 5) is 13.3. The number of aliphatic hydroxyl groups excluding tert-OH is 1. The molecule has 0 aliphatic rings. The van der Waals surface area contributed by atoms with Gasteiger partial charge in [0.15, 0.2) is 0 Å². The second kappa shape index (κ2) is 8.26. The Morgan fingerprint density at radius 3 is 2.69 bits per heavy atom. The predicted molar refractivity (Wildman–Crippen MR) is 102 cm³/mol. The number of aromatic nitrogens is 3. The Bertz CT molecular complexity index is 858. The number of rotatable bonds is 7. The first-order chi connectivity index (χ1) is 12.7. The highest BCUT2D eigenvalue weighted by Crippen LogP contribution is 2.24. The molecule has 2 aromatic heterocycles. The zero-order valence-corrected chi connectivity index (χ0v) is 14.7. The number of hydrogen-bond donors (Lipinski definition) is 3. The van der Waals surface area contributed by atoms with E-state index in [4.69, 9.17) is 4.74 Å². The number of aliphatic hydroxyl groups is 1. The molecule has 0 saturated carbocycles. The molecule has 1 aromatic carbocycles. The Morgan fingerprint density at radius 2 is 1.96 bits per heavy atom. The lowest BCUT2D eigenvalue weighted by molar-refractivity contribution is 0.281. The number of anilines is 3. The highest BCUT2D eigenvalue weighted by atomic mass is 16.5. The van der Waals surface area contributed by atoms with E-state index in [1.807, 2.05) is 55.5 Å². The SMILES string of the molecule is COc1cccc(Nc2cc(-c3ccccn3)nc(N[C@@H](C)CO)n2)c1. The molecular formula is C19H21N5O2. The lowest BCUT2D eigenvalue weighted by Crippen LogP contribution is -2.21. The summed E-state index contributed by atoms with van der Waals surface area (Å²) in [5.41, 5.74) is 2.26. The van der Waals surface area contributed by atoms with E-state index in [1.54, 1.807) is 13.3 Å². The van der Waals surface area contributed by atoms with Crippen LogP contribution in [0.2, 0.25) is 0 Å². The summed E-state index contributed by atoms with van der Waals surface area (Å²) in [7, 11) is 1.63. The minimum absolute atomic E-state index is 0.0180. The van der Waals surface area contributed by atoms with Crippen molar-refractivity contribution < 1.29 is 9.84 Å². The molecule has 0 bridgehead atoms. The van der Waals surface area contributed by atoms with Crippen LogP contribution in [0.5, 0.6) is 5.75 Å². The van der Waals surface area contributed by atoms with E-state index < -0.39 is 0 Å². The van der Waals surface area contributed by atoms with Crippen molar-refractivity contribution in [2.45, 2.75) is 13.0 Å². The zero-order chi connectivity index (χ0) is 18.4. The van der Waals surface area contributed by atoms with Gasteiger partial charge in [0, 0.05) is 30.1 Å². The van der Waals surface area contributed by atoms with Gasteiger partial charge in [0.25, 0.3) is 0 Å². The number of benzene rings is 1. The molecule has 134 valence electrons. The molecule has 0 saturated heterocycles. The summed E-state index contributed by atoms with van der Waals surface area (Å²) in [6.07, 6.45) is 1.72. The van der Waals surface area contributed by atoms with Crippen molar-refractivity contribution in [3.63, 3.8) is 0 Å². The second-order valence-corrected chi connectivity index (χ2v) is 5.76. The quantitative estimate of drug-likeness (QED) is 0.602. The fourth-order valence-electron chi connectivity index (χ4n) is 2.34. The molecule has 2 heterocycles. The molecule has 0 amide bonds. The van der Waals surface area contributed by atoms with Crippen LogP contribution in [0.4, 0.5) is 17.5 Å². The number of methoxy groups -OCH3 is 1. The number of hydrogen-bond acceptors (Lipinski definition) is 7. The van der Waals surface area contributed by atoms with Crippen LogP contribution in [-0.2, 0) is 0 Å². The Morgan fingerprint density at radius 1 is 1.08 bits per heavy atom. The van der Waals surface area contributed by atoms with Crippen LogP contribution >= 0.6 is 0 Å². The topological polar surface area (TPSA) is 92.2 Å². The van der Waals surface area contributed by atoms with Gasteiger partial charge in [0.1, 0.15) is 11.6 Å². The largest absolute Gasteiger partial charge is 0.497 e. The molecule has 3 N–H and O–H groups in total. The standard InChI is InChI=1S/C19H21N5O2/c1-13(12-25)21-19-23-17(16-8-3-4-9-20-16)11-18(24-19)22-14-6-5-7-15(10-14)26-2/h3-11,13,25H,12H2,1-2H3,(H2,21,22,23,24)/t13-/m0/s1. The molecule has 0 fully saturated rings. The highest BCUT2D eigenvalue weighted by Gasteiger charge is 2.10. The summed E-state index contributed by atoms with van der Waals surface area (Å²) >= 11 is 0. The van der Waals surface area contributed by atoms with E-state index >= 15 is 0 Å². The minimum Gasteiger partial charge on any atom is -0.497 e. The summed E-state index contributed by atoms with van der Waals surface area (Å²) in [6, 6.07) is 14.9. The van der Waals surface area contributed by atoms with Gasteiger partial charge in [-0.15, -0.1) is 0 Å². The maximum atomic E-state index is 9.28. The molecular weight excluding hydrogens is 330 g/mol. The van der Waals surface area contributed by atoms with Crippen LogP contribution in [0.1, 0.15) is 6.92 Å². The van der Waals surface area contributed by atoms with Gasteiger partial charge in [-0.3, -0.25) is 4.98 Å². The third kappa shape index (κ3) is 4.46. The van der Waals surface area contributed by atoms with Crippen molar-refractivity contribution >= 4 is 17.5 Å². The van der Waals surface area contributed by atoms with Gasteiger partial charge in [0.2, 0.25) is 5.95 Å². The minimum atomic E-state index is -0.168. The van der Waals surface area contributed by atoms with E-state index in [2.05, 4.69) is 25.6 Å². The van der Waals surface area contributed by atoms with Gasteiger partial charge in [-0.2, -0.15) is 4.98 Å². The van der Waals surface area contributed by atoms with Crippen LogP contribution in [0.3, 0.4) is 0 Å². The smallest absolute Gasteiger partial charge is 0.225 e. The normalized spacial score (nSPS) is 11.7. The molecule has 3 aromatic rings. The highest BCUT2D eigenvalue weighted by molar-refractivity contribution is 5.65. The Kier molecular flexibility index (Phi) is 5.60. The molecule has 0 unspecified atom stereocenters. The number of ether oxygens (including phenoxy) is 1. The van der Waals surface area contributed by atoms with Crippen molar-refractivity contribution in [1.82, 2.24) is 15.0 Å². The summed E-state index contributed by atoms with van der Waals surface area (Å²) in [6.45, 7) is 1.84. The average Bonchev–Trinajstić information content (AvgIpc) is 2.68. The maximum Gasteiger partial charge on any atom is 0.225 e. The van der Waals surface area contributed by atoms with Crippen molar-refractivity contribution in [1.29, 1.82) is 0 Å². The first-order valence-electron chi connectivity index (χ1n) is 8.27. The van der Waals surface area contributed by atoms with Crippen LogP contribution in [-0.4, -0.2) is 39.8 Å². The Hall–Kier alpha value is -3.19. The van der Waals surface area contributed by atoms with Gasteiger partial charge in [-0.1, -0.05) is 12.1 Å². The first-order valence-corrected chi connectivity index (χ1v) is 8.27. The number of pyridine rings is 1. The summed E-state index contributed by atoms with van der Waals surface area (Å²) < 4.78 is 5.25. The van der Waals surface area contributed by atoms with Gasteiger partial charge in [-0.25, -0.2) is 4.98 Å². The second-order valence-electron chi connectivity index (χ2n) is 5.76. The van der Waals surface area contributed by atoms with Crippen LogP contribution < -0.4 is 15.4 Å². The Labute approximate surface area is 152 Å². The average molecular weight is 351 g/mol. The molecule has 26 heavy (non-hydrogen) atoms. The van der Waals surface area contributed by atoms with Crippen molar-refractivity contribution in [2.75, 3.05) is 24.4 Å². The fraction of sp³-hybridized carbons (Fsp3) is 0.211. The summed E-state index contributed by atoms with van der Waals surface area (Å²) in [5.74, 6) is 1.78. The maximum absolute atomic E-state index is 9.28. The van der Waals surface area contributed by atoms with Crippen molar-refractivity contribution in [3.8, 4) is 17.1 Å². The van der Waals surface area contributed by atoms with Gasteiger partial charge < -0.3 is 20.5 Å². The molecule has 1 atom stereocenters. The van der Waals surface area contributed by atoms with E-state index in [9.17, 15) is 5.11 Å². The number of nitrogens with one attached hydrogen (secondary N) is 2. The molecule has 7 nitrogen and oxygen atoms in total. The van der Waals surface area contributed by atoms with Crippen molar-refractivity contribution in [3.05, 3.63) is 54.7 Å². The molecule has 0 aliphatic heterocycles. The van der Waals surface area contributed by atoms with E-state index in [-0.39, 0.29) is 12.6 Å². The summed E-state index contributed by atoms with van der Waals surface area (Å²) in [5, 5.41) is 15.6. The first kappa shape index (κ1) is 17.6. The van der Waals surface area contributed by atoms with Crippen LogP contribution in [0.25, 0.3) is 11.4 Å². The van der Waals surface area contributed by atoms with Gasteiger partial charge in [-0.05, 0) is 31.2 Å². The van der Waals surface area contributed by atoms with Crippen LogP contribution in [0.15, 0.2) is 54.7 Å². The lowest BCUT2D eigenvalue weighted by Gasteiger charge is -2.14. The predicted octanol–water partition coefficient (Wildman–Crippen LogP) is 3.08. The lowest BCUT2D eigenvalue weighted by atomic mass is 10.2. The zero-order valence-electron chi connectivity index (χ0n) is 14.7. The van der Waals surface area contributed by atoms with E-state index in [0.717, 1.165) is 17.1 Å². The Balaban J connectivity index is 1.96. The van der Waals surface area contributed by atoms with Gasteiger partial charge >= 0.3 is 0 Å². The molecule has 0 aliphatic carbocycles. The third-order valence-corrected chi connectivity index (χ3v) is 3.64. The monoisotopic (exact) mass is 351 g/mol. The van der Waals surface area contributed by atoms with E-state index in [0.29, 0.717) is 17.5 Å². The molecule has 3 rings (SSSR count). The van der Waals surface area contributed by atoms with Gasteiger partial charge in [0.05, 0.1) is 25.1 Å². The molecule has 7 heteroatoms. The van der Waals surface area contributed by atoms with Crippen LogP contribution in [0, 0.1) is 0 Å². The third-order valence-electron chi connectivity index (χ3n) is 3.64. The van der Waals surface area contributed by atoms with Crippen molar-refractivity contribution in [2.24, 2.45) is 0 Å².